The van der Waals surface area contributed by atoms with E-state index < -0.39 is 5.60 Å². The van der Waals surface area contributed by atoms with Crippen molar-refractivity contribution in [3.05, 3.63) is 81.9 Å². The van der Waals surface area contributed by atoms with Gasteiger partial charge < -0.3 is 14.4 Å². The van der Waals surface area contributed by atoms with Crippen LogP contribution in [0.25, 0.3) is 10.9 Å². The summed E-state index contributed by atoms with van der Waals surface area (Å²) in [5.41, 5.74) is 2.66. The summed E-state index contributed by atoms with van der Waals surface area (Å²) in [6, 6.07) is 11.4. The molecule has 0 bridgehead atoms. The molecule has 0 saturated heterocycles. The first-order valence-corrected chi connectivity index (χ1v) is 13.6. The highest BCUT2D eigenvalue weighted by Gasteiger charge is 2.39. The smallest absolute Gasteiger partial charge is 0.145 e. The van der Waals surface area contributed by atoms with Crippen LogP contribution < -0.4 is 0 Å². The molecule has 1 N–H and O–H groups in total. The van der Waals surface area contributed by atoms with Crippen LogP contribution in [0.1, 0.15) is 78.6 Å². The average Bonchev–Trinajstić information content (AvgIpc) is 3.68. The second-order valence-corrected chi connectivity index (χ2v) is 11.2. The number of rotatable bonds is 6. The highest BCUT2D eigenvalue weighted by Crippen LogP contribution is 2.46. The van der Waals surface area contributed by atoms with Crippen LogP contribution in [-0.2, 0) is 16.9 Å². The molecule has 1 aromatic carbocycles. The fraction of sp³-hybridized carbons (Fsp3) is 0.414. The minimum atomic E-state index is -1.02. The van der Waals surface area contributed by atoms with Gasteiger partial charge in [0.1, 0.15) is 11.4 Å². The molecule has 0 radical (unpaired) electrons. The molecule has 6 rings (SSSR count). The maximum absolute atomic E-state index is 11.4. The molecule has 8 heteroatoms. The maximum Gasteiger partial charge on any atom is 0.145 e. The van der Waals surface area contributed by atoms with Gasteiger partial charge in [0, 0.05) is 21.9 Å². The molecule has 3 aliphatic rings. The van der Waals surface area contributed by atoms with E-state index in [4.69, 9.17) is 37.4 Å². The standard InChI is InChI=1S/C29H27Cl2N3O3/c30-22-4-2-5-23(31)26(22)27-21(28(37-34-27)17-7-8-17)16-36-19-11-13-29(35,14-12-19)25-10-9-20-18(15-32)3-1-6-24(20)33-25/h1-6,9-10,17,19,22,26,35H,7-8,11-14,16H2. The Balaban J connectivity index is 1.16. The molecule has 2 unspecified atom stereocenters. The van der Waals surface area contributed by atoms with Gasteiger partial charge in [-0.05, 0) is 68.9 Å². The lowest BCUT2D eigenvalue weighted by atomic mass is 9.80. The number of ether oxygens (including phenoxy) is 1. The molecule has 0 spiro atoms. The number of hydrogen-bond donors (Lipinski definition) is 1. The lowest BCUT2D eigenvalue weighted by molar-refractivity contribution is -0.0662. The Labute approximate surface area is 225 Å². The summed E-state index contributed by atoms with van der Waals surface area (Å²) in [6.45, 7) is 0.382. The van der Waals surface area contributed by atoms with Crippen molar-refractivity contribution in [1.82, 2.24) is 10.1 Å². The van der Waals surface area contributed by atoms with Crippen molar-refractivity contribution < 1.29 is 14.4 Å². The van der Waals surface area contributed by atoms with Crippen molar-refractivity contribution in [1.29, 1.82) is 5.26 Å². The van der Waals surface area contributed by atoms with Gasteiger partial charge in [0.15, 0.2) is 0 Å². The zero-order chi connectivity index (χ0) is 25.6. The summed E-state index contributed by atoms with van der Waals surface area (Å²) in [4.78, 5) is 4.71. The van der Waals surface area contributed by atoms with Gasteiger partial charge in [-0.15, -0.1) is 11.6 Å². The molecule has 2 atom stereocenters. The number of halogens is 2. The molecule has 0 amide bonds. The zero-order valence-corrected chi connectivity index (χ0v) is 21.8. The number of aliphatic hydroxyl groups is 1. The van der Waals surface area contributed by atoms with E-state index in [1.807, 2.05) is 42.5 Å². The van der Waals surface area contributed by atoms with Crippen LogP contribution in [0, 0.1) is 11.3 Å². The number of aromatic nitrogens is 2. The fourth-order valence-electron chi connectivity index (χ4n) is 5.50. The van der Waals surface area contributed by atoms with Crippen LogP contribution >= 0.6 is 23.2 Å². The summed E-state index contributed by atoms with van der Waals surface area (Å²) in [7, 11) is 0. The van der Waals surface area contributed by atoms with E-state index >= 15 is 0 Å². The topological polar surface area (TPSA) is 92.2 Å². The van der Waals surface area contributed by atoms with Gasteiger partial charge >= 0.3 is 0 Å². The predicted octanol–water partition coefficient (Wildman–Crippen LogP) is 6.70. The number of nitrogens with zero attached hydrogens (tertiary/aromatic N) is 3. The van der Waals surface area contributed by atoms with Crippen LogP contribution in [0.3, 0.4) is 0 Å². The number of hydrogen-bond acceptors (Lipinski definition) is 6. The Hall–Kier alpha value is -2.69. The van der Waals surface area contributed by atoms with Crippen LogP contribution in [-0.4, -0.2) is 26.7 Å². The fourth-order valence-corrected chi connectivity index (χ4v) is 6.21. The second kappa shape index (κ2) is 9.89. The number of allylic oxidation sites excluding steroid dienone is 4. The highest BCUT2D eigenvalue weighted by atomic mass is 35.5. The van der Waals surface area contributed by atoms with Gasteiger partial charge in [-0.2, -0.15) is 5.26 Å². The van der Waals surface area contributed by atoms with E-state index in [-0.39, 0.29) is 17.4 Å². The van der Waals surface area contributed by atoms with Crippen molar-refractivity contribution in [2.45, 2.75) is 74.0 Å². The lowest BCUT2D eigenvalue weighted by Gasteiger charge is -2.35. The van der Waals surface area contributed by atoms with Crippen LogP contribution in [0.15, 0.2) is 58.1 Å². The minimum absolute atomic E-state index is 0.00444. The van der Waals surface area contributed by atoms with Crippen LogP contribution in [0.2, 0.25) is 0 Å². The van der Waals surface area contributed by atoms with Crippen molar-refractivity contribution in [3.63, 3.8) is 0 Å². The largest absolute Gasteiger partial charge is 0.384 e. The number of pyridine rings is 1. The number of alkyl halides is 1. The molecule has 0 aliphatic heterocycles. The molecule has 2 fully saturated rings. The molecule has 190 valence electrons. The summed E-state index contributed by atoms with van der Waals surface area (Å²) >= 11 is 13.1. The van der Waals surface area contributed by atoms with Crippen molar-refractivity contribution in [3.8, 4) is 6.07 Å². The Morgan fingerprint density at radius 2 is 1.97 bits per heavy atom. The molecular formula is C29H27Cl2N3O3. The molecule has 2 heterocycles. The third kappa shape index (κ3) is 4.70. The van der Waals surface area contributed by atoms with Gasteiger partial charge in [0.05, 0.1) is 52.5 Å². The summed E-state index contributed by atoms with van der Waals surface area (Å²) in [6.07, 6.45) is 10.3. The van der Waals surface area contributed by atoms with E-state index in [2.05, 4.69) is 11.2 Å². The summed E-state index contributed by atoms with van der Waals surface area (Å²) in [5, 5.41) is 26.3. The van der Waals surface area contributed by atoms with Gasteiger partial charge in [-0.1, -0.05) is 35.0 Å². The minimum Gasteiger partial charge on any atom is -0.384 e. The third-order valence-electron chi connectivity index (χ3n) is 7.81. The van der Waals surface area contributed by atoms with Gasteiger partial charge in [0.2, 0.25) is 0 Å². The van der Waals surface area contributed by atoms with Gasteiger partial charge in [0.25, 0.3) is 0 Å². The number of nitriles is 1. The van der Waals surface area contributed by atoms with E-state index in [0.29, 0.717) is 54.5 Å². The summed E-state index contributed by atoms with van der Waals surface area (Å²) in [5.74, 6) is 1.02. The van der Waals surface area contributed by atoms with Gasteiger partial charge in [-0.3, -0.25) is 0 Å². The van der Waals surface area contributed by atoms with Crippen molar-refractivity contribution in [2.75, 3.05) is 0 Å². The molecule has 3 aromatic rings. The molecule has 2 saturated carbocycles. The maximum atomic E-state index is 11.4. The quantitative estimate of drug-likeness (QED) is 0.353. The van der Waals surface area contributed by atoms with Crippen LogP contribution in [0.5, 0.6) is 0 Å². The number of fused-ring (bicyclic) bond motifs is 1. The second-order valence-electron chi connectivity index (χ2n) is 10.3. The first-order chi connectivity index (χ1) is 18.0. The molecular weight excluding hydrogens is 509 g/mol. The molecule has 3 aliphatic carbocycles. The van der Waals surface area contributed by atoms with Crippen LogP contribution in [0.4, 0.5) is 0 Å². The SMILES string of the molecule is N#Cc1cccc2nc(C3(O)CCC(OCc4c(C5C(Cl)=CC=CC5Cl)noc4C4CC4)CC3)ccc12. The molecule has 2 aromatic heterocycles. The van der Waals surface area contributed by atoms with E-state index in [1.54, 1.807) is 6.07 Å². The Kier molecular flexibility index (Phi) is 6.58. The Morgan fingerprint density at radius 1 is 1.16 bits per heavy atom. The first kappa shape index (κ1) is 24.6. The average molecular weight is 536 g/mol. The molecule has 37 heavy (non-hydrogen) atoms. The monoisotopic (exact) mass is 535 g/mol. The first-order valence-electron chi connectivity index (χ1n) is 12.8. The number of benzene rings is 1. The highest BCUT2D eigenvalue weighted by molar-refractivity contribution is 6.32. The van der Waals surface area contributed by atoms with E-state index in [0.717, 1.165) is 40.8 Å². The van der Waals surface area contributed by atoms with Gasteiger partial charge in [-0.25, -0.2) is 4.98 Å². The Morgan fingerprint density at radius 3 is 2.70 bits per heavy atom. The Bertz CT molecular complexity index is 1430. The predicted molar refractivity (Wildman–Crippen MR) is 141 cm³/mol. The van der Waals surface area contributed by atoms with E-state index in [9.17, 15) is 10.4 Å². The summed E-state index contributed by atoms with van der Waals surface area (Å²) < 4.78 is 12.2. The van der Waals surface area contributed by atoms with E-state index in [1.165, 1.54) is 0 Å². The van der Waals surface area contributed by atoms with Crippen molar-refractivity contribution in [2.24, 2.45) is 0 Å². The third-order valence-corrected chi connectivity index (χ3v) is 8.57. The zero-order valence-electron chi connectivity index (χ0n) is 20.2. The lowest BCUT2D eigenvalue weighted by Crippen LogP contribution is -2.35. The normalized spacial score (nSPS) is 27.7. The molecule has 6 nitrogen and oxygen atoms in total. The van der Waals surface area contributed by atoms with Crippen molar-refractivity contribution >= 4 is 34.1 Å².